The summed E-state index contributed by atoms with van der Waals surface area (Å²) >= 11 is 0. The molecule has 0 aromatic carbocycles. The molecule has 88 valence electrons. The molecule has 1 aromatic heterocycles. The molecule has 1 atom stereocenters. The molecule has 1 aliphatic heterocycles. The van der Waals surface area contributed by atoms with Gasteiger partial charge < -0.3 is 9.42 Å². The average Bonchev–Trinajstić information content (AvgIpc) is 2.75. The maximum Gasteiger partial charge on any atom is 0.249 e. The van der Waals surface area contributed by atoms with Gasteiger partial charge in [-0.3, -0.25) is 4.79 Å². The van der Waals surface area contributed by atoms with Crippen molar-refractivity contribution >= 4 is 5.91 Å². The second-order valence-electron chi connectivity index (χ2n) is 4.13. The molecule has 2 rings (SSSR count). The molecule has 0 radical (unpaired) electrons. The number of carbonyl (C=O) groups excluding carboxylic acids is 1. The number of hydrogen-bond acceptors (Lipinski definition) is 4. The van der Waals surface area contributed by atoms with E-state index in [2.05, 4.69) is 10.1 Å². The lowest BCUT2D eigenvalue weighted by molar-refractivity contribution is -0.135. The van der Waals surface area contributed by atoms with Gasteiger partial charge in [-0.05, 0) is 26.2 Å². The Labute approximate surface area is 94.8 Å². The Kier molecular flexibility index (Phi) is 3.22. The van der Waals surface area contributed by atoms with Crippen molar-refractivity contribution in [3.63, 3.8) is 0 Å². The number of likely N-dealkylation sites (tertiary alicyclic amines) is 1. The van der Waals surface area contributed by atoms with Crippen molar-refractivity contribution in [2.45, 2.75) is 45.6 Å². The summed E-state index contributed by atoms with van der Waals surface area (Å²) in [6, 6.07) is -0.0117. The van der Waals surface area contributed by atoms with Gasteiger partial charge >= 0.3 is 0 Å². The zero-order chi connectivity index (χ0) is 11.5. The molecule has 1 saturated heterocycles. The molecule has 5 nitrogen and oxygen atoms in total. The van der Waals surface area contributed by atoms with Crippen LogP contribution in [0.15, 0.2) is 4.52 Å². The fraction of sp³-hybridized carbons (Fsp3) is 0.727. The first-order chi connectivity index (χ1) is 7.72. The largest absolute Gasteiger partial charge is 0.337 e. The second kappa shape index (κ2) is 4.63. The van der Waals surface area contributed by atoms with Crippen LogP contribution in [0.4, 0.5) is 0 Å². The highest BCUT2D eigenvalue weighted by atomic mass is 16.5. The van der Waals surface area contributed by atoms with E-state index in [1.54, 1.807) is 6.92 Å². The molecule has 0 aliphatic carbocycles. The van der Waals surface area contributed by atoms with Crippen molar-refractivity contribution in [2.75, 3.05) is 6.54 Å². The highest BCUT2D eigenvalue weighted by molar-refractivity contribution is 5.76. The number of hydrogen-bond donors (Lipinski definition) is 0. The van der Waals surface area contributed by atoms with Gasteiger partial charge in [0.05, 0.1) is 0 Å². The quantitative estimate of drug-likeness (QED) is 0.767. The lowest BCUT2D eigenvalue weighted by Crippen LogP contribution is -2.38. The van der Waals surface area contributed by atoms with E-state index in [1.165, 1.54) is 0 Å². The zero-order valence-electron chi connectivity index (χ0n) is 9.77. The fourth-order valence-electron chi connectivity index (χ4n) is 2.14. The third kappa shape index (κ3) is 2.08. The maximum absolute atomic E-state index is 11.8. The van der Waals surface area contributed by atoms with Crippen LogP contribution < -0.4 is 0 Å². The molecule has 1 fully saturated rings. The molecular formula is C11H17N3O2. The van der Waals surface area contributed by atoms with E-state index < -0.39 is 0 Å². The molecule has 2 heterocycles. The van der Waals surface area contributed by atoms with Crippen LogP contribution in [0.3, 0.4) is 0 Å². The predicted molar refractivity (Wildman–Crippen MR) is 57.6 cm³/mol. The number of piperidine rings is 1. The van der Waals surface area contributed by atoms with Gasteiger partial charge in [0.1, 0.15) is 6.04 Å². The molecule has 0 saturated carbocycles. The van der Waals surface area contributed by atoms with E-state index >= 15 is 0 Å². The predicted octanol–water partition coefficient (Wildman–Crippen LogP) is 1.84. The first kappa shape index (κ1) is 11.1. The summed E-state index contributed by atoms with van der Waals surface area (Å²) in [7, 11) is 0. The van der Waals surface area contributed by atoms with Crippen LogP contribution in [-0.2, 0) is 4.79 Å². The molecular weight excluding hydrogens is 206 g/mol. The highest BCUT2D eigenvalue weighted by Crippen LogP contribution is 2.30. The lowest BCUT2D eigenvalue weighted by atomic mass is 10.0. The van der Waals surface area contributed by atoms with Gasteiger partial charge in [-0.15, -0.1) is 0 Å². The van der Waals surface area contributed by atoms with Gasteiger partial charge in [-0.1, -0.05) is 12.1 Å². The van der Waals surface area contributed by atoms with Crippen LogP contribution in [0, 0.1) is 6.92 Å². The smallest absolute Gasteiger partial charge is 0.249 e. The van der Waals surface area contributed by atoms with Gasteiger partial charge in [-0.25, -0.2) is 0 Å². The van der Waals surface area contributed by atoms with Gasteiger partial charge in [0.2, 0.25) is 11.8 Å². The summed E-state index contributed by atoms with van der Waals surface area (Å²) in [5.74, 6) is 1.38. The van der Waals surface area contributed by atoms with E-state index in [0.29, 0.717) is 18.1 Å². The van der Waals surface area contributed by atoms with Crippen molar-refractivity contribution in [1.82, 2.24) is 15.0 Å². The maximum atomic E-state index is 11.8. The highest BCUT2D eigenvalue weighted by Gasteiger charge is 2.30. The van der Waals surface area contributed by atoms with Crippen LogP contribution in [0.1, 0.15) is 50.4 Å². The number of nitrogens with zero attached hydrogens (tertiary/aromatic N) is 3. The molecule has 0 spiro atoms. The summed E-state index contributed by atoms with van der Waals surface area (Å²) in [5.41, 5.74) is 0. The Morgan fingerprint density at radius 3 is 3.00 bits per heavy atom. The molecule has 1 amide bonds. The summed E-state index contributed by atoms with van der Waals surface area (Å²) < 4.78 is 5.17. The van der Waals surface area contributed by atoms with Crippen LogP contribution in [-0.4, -0.2) is 27.5 Å². The van der Waals surface area contributed by atoms with E-state index in [4.69, 9.17) is 4.52 Å². The van der Waals surface area contributed by atoms with Crippen LogP contribution in [0.2, 0.25) is 0 Å². The molecule has 16 heavy (non-hydrogen) atoms. The minimum absolute atomic E-state index is 0.0117. The van der Waals surface area contributed by atoms with Crippen molar-refractivity contribution in [3.8, 4) is 0 Å². The molecule has 0 unspecified atom stereocenters. The van der Waals surface area contributed by atoms with Crippen molar-refractivity contribution < 1.29 is 9.32 Å². The fourth-order valence-corrected chi connectivity index (χ4v) is 2.14. The number of amides is 1. The van der Waals surface area contributed by atoms with Gasteiger partial charge in [0, 0.05) is 13.0 Å². The van der Waals surface area contributed by atoms with Crippen molar-refractivity contribution in [3.05, 3.63) is 11.7 Å². The summed E-state index contributed by atoms with van der Waals surface area (Å²) in [6.07, 6.45) is 3.63. The molecule has 1 aromatic rings. The van der Waals surface area contributed by atoms with E-state index in [0.717, 1.165) is 25.8 Å². The molecule has 0 N–H and O–H groups in total. The van der Waals surface area contributed by atoms with Crippen LogP contribution in [0.25, 0.3) is 0 Å². The topological polar surface area (TPSA) is 59.2 Å². The summed E-state index contributed by atoms with van der Waals surface area (Å²) in [6.45, 7) is 4.48. The molecule has 1 aliphatic rings. The van der Waals surface area contributed by atoms with Gasteiger partial charge in [0.15, 0.2) is 5.82 Å². The number of rotatable bonds is 2. The van der Waals surface area contributed by atoms with Crippen molar-refractivity contribution in [2.24, 2.45) is 0 Å². The first-order valence-electron chi connectivity index (χ1n) is 5.82. The minimum Gasteiger partial charge on any atom is -0.337 e. The number of aryl methyl sites for hydroxylation is 1. The van der Waals surface area contributed by atoms with Crippen LogP contribution in [0.5, 0.6) is 0 Å². The summed E-state index contributed by atoms with van der Waals surface area (Å²) in [4.78, 5) is 17.9. The first-order valence-corrected chi connectivity index (χ1v) is 5.82. The Bertz CT molecular complexity index is 375. The van der Waals surface area contributed by atoms with Gasteiger partial charge in [-0.2, -0.15) is 4.98 Å². The Hall–Kier alpha value is -1.39. The van der Waals surface area contributed by atoms with E-state index in [-0.39, 0.29) is 11.9 Å². The van der Waals surface area contributed by atoms with E-state index in [9.17, 15) is 4.79 Å². The molecule has 0 bridgehead atoms. The Balaban J connectivity index is 2.19. The number of aromatic nitrogens is 2. The monoisotopic (exact) mass is 223 g/mol. The zero-order valence-corrected chi connectivity index (χ0v) is 9.77. The molecule has 5 heteroatoms. The third-order valence-corrected chi connectivity index (χ3v) is 2.95. The summed E-state index contributed by atoms with van der Waals surface area (Å²) in [5, 5.41) is 3.79. The Morgan fingerprint density at radius 2 is 2.38 bits per heavy atom. The van der Waals surface area contributed by atoms with Gasteiger partial charge in [0.25, 0.3) is 0 Å². The van der Waals surface area contributed by atoms with Crippen molar-refractivity contribution in [1.29, 1.82) is 0 Å². The number of carbonyl (C=O) groups is 1. The Morgan fingerprint density at radius 1 is 1.56 bits per heavy atom. The third-order valence-electron chi connectivity index (χ3n) is 2.95. The minimum atomic E-state index is -0.0117. The second-order valence-corrected chi connectivity index (χ2v) is 4.13. The standard InChI is InChI=1S/C11H17N3O2/c1-3-10(15)14-7-5-4-6-9(14)11-12-8(2)13-16-11/h9H,3-7H2,1-2H3/t9-/m1/s1. The average molecular weight is 223 g/mol. The van der Waals surface area contributed by atoms with Crippen LogP contribution >= 0.6 is 0 Å². The SMILES string of the molecule is CCC(=O)N1CCCC[C@@H]1c1nc(C)no1. The normalized spacial score (nSPS) is 21.1. The van der Waals surface area contributed by atoms with E-state index in [1.807, 2.05) is 11.8 Å². The lowest BCUT2D eigenvalue weighted by Gasteiger charge is -2.33.